The molecule has 7 nitrogen and oxygen atoms in total. The number of likely N-dealkylation sites (tertiary alicyclic amines) is 1. The number of esters is 1. The van der Waals surface area contributed by atoms with Gasteiger partial charge in [-0.1, -0.05) is 23.2 Å². The zero-order valence-corrected chi connectivity index (χ0v) is 14.3. The standard InChI is InChI=1S/C15H17Cl2N3O4/c16-8-5-9(13(18)10(17)6-8)15(23)24-7-12(21)20-4-2-1-3-11(20)14(19)22/h5-6,11H,1-4,7,18H2,(H2,19,22)/t11-/m1/s1. The molecule has 1 aromatic rings. The fraction of sp³-hybridized carbons (Fsp3) is 0.400. The lowest BCUT2D eigenvalue weighted by Gasteiger charge is -2.33. The first-order valence-corrected chi connectivity index (χ1v) is 8.07. The predicted octanol–water partition coefficient (Wildman–Crippen LogP) is 1.60. The van der Waals surface area contributed by atoms with Gasteiger partial charge in [-0.3, -0.25) is 9.59 Å². The fourth-order valence-electron chi connectivity index (χ4n) is 2.57. The van der Waals surface area contributed by atoms with Crippen molar-refractivity contribution in [3.8, 4) is 0 Å². The van der Waals surface area contributed by atoms with Gasteiger partial charge in [0, 0.05) is 11.6 Å². The van der Waals surface area contributed by atoms with Gasteiger partial charge in [0.25, 0.3) is 5.91 Å². The number of rotatable bonds is 4. The third-order valence-electron chi connectivity index (χ3n) is 3.79. The van der Waals surface area contributed by atoms with E-state index in [1.165, 1.54) is 17.0 Å². The molecule has 1 aromatic carbocycles. The van der Waals surface area contributed by atoms with E-state index in [4.69, 9.17) is 39.4 Å². The molecule has 0 saturated carbocycles. The SMILES string of the molecule is NC(=O)[C@H]1CCCCN1C(=O)COC(=O)c1cc(Cl)cc(Cl)c1N. The summed E-state index contributed by atoms with van der Waals surface area (Å²) in [5, 5.41) is 0.336. The van der Waals surface area contributed by atoms with Crippen molar-refractivity contribution in [1.82, 2.24) is 4.90 Å². The van der Waals surface area contributed by atoms with Gasteiger partial charge in [-0.15, -0.1) is 0 Å². The van der Waals surface area contributed by atoms with E-state index in [0.717, 1.165) is 12.8 Å². The first-order valence-electron chi connectivity index (χ1n) is 7.31. The van der Waals surface area contributed by atoms with Crippen molar-refractivity contribution in [1.29, 1.82) is 0 Å². The average Bonchev–Trinajstić information content (AvgIpc) is 2.55. The van der Waals surface area contributed by atoms with Gasteiger partial charge in [-0.25, -0.2) is 4.79 Å². The van der Waals surface area contributed by atoms with Gasteiger partial charge in [0.15, 0.2) is 6.61 Å². The van der Waals surface area contributed by atoms with E-state index in [2.05, 4.69) is 0 Å². The van der Waals surface area contributed by atoms with E-state index in [1.807, 2.05) is 0 Å². The van der Waals surface area contributed by atoms with Crippen LogP contribution in [0.5, 0.6) is 0 Å². The van der Waals surface area contributed by atoms with Crippen molar-refractivity contribution in [2.45, 2.75) is 25.3 Å². The highest BCUT2D eigenvalue weighted by Gasteiger charge is 2.31. The molecule has 1 aliphatic heterocycles. The fourth-order valence-corrected chi connectivity index (χ4v) is 3.06. The molecule has 0 unspecified atom stereocenters. The van der Waals surface area contributed by atoms with Gasteiger partial charge in [0.2, 0.25) is 5.91 Å². The monoisotopic (exact) mass is 373 g/mol. The lowest BCUT2D eigenvalue weighted by molar-refractivity contribution is -0.143. The zero-order valence-electron chi connectivity index (χ0n) is 12.8. The third kappa shape index (κ3) is 4.10. The molecule has 0 radical (unpaired) electrons. The number of benzene rings is 1. The van der Waals surface area contributed by atoms with Crippen LogP contribution in [0.25, 0.3) is 0 Å². The highest BCUT2D eigenvalue weighted by atomic mass is 35.5. The van der Waals surface area contributed by atoms with Gasteiger partial charge in [-0.05, 0) is 31.4 Å². The molecule has 2 rings (SSSR count). The van der Waals surface area contributed by atoms with Gasteiger partial charge < -0.3 is 21.1 Å². The maximum atomic E-state index is 12.2. The lowest BCUT2D eigenvalue weighted by atomic mass is 10.0. The molecule has 1 heterocycles. The summed E-state index contributed by atoms with van der Waals surface area (Å²) < 4.78 is 4.98. The Bertz CT molecular complexity index is 681. The Morgan fingerprint density at radius 2 is 1.96 bits per heavy atom. The second kappa shape index (κ2) is 7.72. The van der Waals surface area contributed by atoms with E-state index in [9.17, 15) is 14.4 Å². The van der Waals surface area contributed by atoms with Crippen LogP contribution < -0.4 is 11.5 Å². The van der Waals surface area contributed by atoms with Crippen LogP contribution in [0.3, 0.4) is 0 Å². The molecule has 0 aromatic heterocycles. The number of carbonyl (C=O) groups is 3. The summed E-state index contributed by atoms with van der Waals surface area (Å²) in [6, 6.07) is 2.03. The van der Waals surface area contributed by atoms with Crippen molar-refractivity contribution < 1.29 is 19.1 Å². The molecule has 4 N–H and O–H groups in total. The first-order chi connectivity index (χ1) is 11.3. The average molecular weight is 374 g/mol. The summed E-state index contributed by atoms with van der Waals surface area (Å²) >= 11 is 11.7. The summed E-state index contributed by atoms with van der Waals surface area (Å²) in [5.41, 5.74) is 11.0. The number of hydrogen-bond acceptors (Lipinski definition) is 5. The maximum Gasteiger partial charge on any atom is 0.340 e. The second-order valence-electron chi connectivity index (χ2n) is 5.43. The van der Waals surface area contributed by atoms with Crippen molar-refractivity contribution in [3.63, 3.8) is 0 Å². The molecule has 1 fully saturated rings. The van der Waals surface area contributed by atoms with Gasteiger partial charge >= 0.3 is 5.97 Å². The van der Waals surface area contributed by atoms with Crippen molar-refractivity contribution in [2.24, 2.45) is 5.73 Å². The van der Waals surface area contributed by atoms with Crippen LogP contribution in [-0.4, -0.2) is 41.9 Å². The number of ether oxygens (including phenoxy) is 1. The molecule has 9 heteroatoms. The molecule has 2 amide bonds. The predicted molar refractivity (Wildman–Crippen MR) is 89.7 cm³/mol. The van der Waals surface area contributed by atoms with E-state index in [-0.39, 0.29) is 21.3 Å². The normalized spacial score (nSPS) is 17.4. The third-order valence-corrected chi connectivity index (χ3v) is 4.32. The molecule has 0 aliphatic carbocycles. The number of hydrogen-bond donors (Lipinski definition) is 2. The number of piperidine rings is 1. The van der Waals surface area contributed by atoms with Crippen molar-refractivity contribution >= 4 is 46.7 Å². The Morgan fingerprint density at radius 3 is 2.62 bits per heavy atom. The van der Waals surface area contributed by atoms with Crippen molar-refractivity contribution in [3.05, 3.63) is 27.7 Å². The van der Waals surface area contributed by atoms with Crippen LogP contribution in [0.15, 0.2) is 12.1 Å². The highest BCUT2D eigenvalue weighted by Crippen LogP contribution is 2.28. The number of nitrogens with two attached hydrogens (primary N) is 2. The molecular formula is C15H17Cl2N3O4. The van der Waals surface area contributed by atoms with Gasteiger partial charge in [0.1, 0.15) is 6.04 Å². The maximum absolute atomic E-state index is 12.2. The Balaban J connectivity index is 2.03. The summed E-state index contributed by atoms with van der Waals surface area (Å²) in [6.45, 7) is -0.124. The minimum atomic E-state index is -0.821. The van der Waals surface area contributed by atoms with E-state index in [1.54, 1.807) is 0 Å². The molecule has 0 spiro atoms. The van der Waals surface area contributed by atoms with Crippen molar-refractivity contribution in [2.75, 3.05) is 18.9 Å². The van der Waals surface area contributed by atoms with E-state index < -0.39 is 30.4 Å². The quantitative estimate of drug-likeness (QED) is 0.614. The Kier molecular flexibility index (Phi) is 5.90. The zero-order chi connectivity index (χ0) is 17.9. The summed E-state index contributed by atoms with van der Waals surface area (Å²) in [7, 11) is 0. The van der Waals surface area contributed by atoms with E-state index in [0.29, 0.717) is 13.0 Å². The summed E-state index contributed by atoms with van der Waals surface area (Å²) in [5.74, 6) is -1.88. The van der Waals surface area contributed by atoms with E-state index >= 15 is 0 Å². The molecular weight excluding hydrogens is 357 g/mol. The molecule has 0 bridgehead atoms. The summed E-state index contributed by atoms with van der Waals surface area (Å²) in [6.07, 6.45) is 2.08. The Hall–Kier alpha value is -1.99. The van der Waals surface area contributed by atoms with Gasteiger partial charge in [0.05, 0.1) is 16.3 Å². The van der Waals surface area contributed by atoms with Crippen LogP contribution in [0.2, 0.25) is 10.0 Å². The molecule has 24 heavy (non-hydrogen) atoms. The highest BCUT2D eigenvalue weighted by molar-refractivity contribution is 6.37. The minimum Gasteiger partial charge on any atom is -0.452 e. The Labute approximate surface area is 148 Å². The molecule has 130 valence electrons. The number of amides is 2. The molecule has 1 aliphatic rings. The van der Waals surface area contributed by atoms with Crippen LogP contribution in [0, 0.1) is 0 Å². The largest absolute Gasteiger partial charge is 0.452 e. The molecule has 1 atom stereocenters. The number of nitrogen functional groups attached to an aromatic ring is 1. The van der Waals surface area contributed by atoms with Crippen LogP contribution in [-0.2, 0) is 14.3 Å². The van der Waals surface area contributed by atoms with Crippen LogP contribution >= 0.6 is 23.2 Å². The number of halogens is 2. The number of carbonyl (C=O) groups excluding carboxylic acids is 3. The van der Waals surface area contributed by atoms with Crippen LogP contribution in [0.1, 0.15) is 29.6 Å². The first kappa shape index (κ1) is 18.4. The smallest absolute Gasteiger partial charge is 0.340 e. The second-order valence-corrected chi connectivity index (χ2v) is 6.27. The number of primary amides is 1. The van der Waals surface area contributed by atoms with Crippen LogP contribution in [0.4, 0.5) is 5.69 Å². The number of anilines is 1. The summed E-state index contributed by atoms with van der Waals surface area (Å²) in [4.78, 5) is 37.1. The Morgan fingerprint density at radius 1 is 1.25 bits per heavy atom. The minimum absolute atomic E-state index is 0.0199. The topological polar surface area (TPSA) is 116 Å². The lowest BCUT2D eigenvalue weighted by Crippen LogP contribution is -2.51. The molecule has 1 saturated heterocycles. The number of nitrogens with zero attached hydrogens (tertiary/aromatic N) is 1. The van der Waals surface area contributed by atoms with Gasteiger partial charge in [-0.2, -0.15) is 0 Å².